The smallest absolute Gasteiger partial charge is 0.336 e. The van der Waals surface area contributed by atoms with Gasteiger partial charge in [-0.1, -0.05) is 6.92 Å². The Kier molecular flexibility index (Phi) is 7.81. The zero-order chi connectivity index (χ0) is 13.4. The SMILES string of the molecule is CCNC(=O)N(N(C)C)N(CC)CC(N)NC. The molecule has 0 aromatic carbocycles. The van der Waals surface area contributed by atoms with E-state index in [1.54, 1.807) is 17.2 Å². The highest BCUT2D eigenvalue weighted by Gasteiger charge is 2.23. The van der Waals surface area contributed by atoms with Crippen molar-refractivity contribution in [3.8, 4) is 0 Å². The molecule has 0 aromatic heterocycles. The maximum absolute atomic E-state index is 11.9. The molecule has 0 bridgehead atoms. The Labute approximate surface area is 104 Å². The standard InChI is InChI=1S/C10H26N6O/c1-6-13-10(17)16(14(4)5)15(7-2)8-9(11)12-3/h9,12H,6-8,11H2,1-5H3,(H,13,17). The minimum atomic E-state index is -0.174. The molecule has 2 amide bonds. The van der Waals surface area contributed by atoms with Crippen molar-refractivity contribution >= 4 is 6.03 Å². The molecule has 0 radical (unpaired) electrons. The maximum atomic E-state index is 11.9. The number of urea groups is 1. The zero-order valence-corrected chi connectivity index (χ0v) is 11.5. The molecule has 7 heteroatoms. The fourth-order valence-electron chi connectivity index (χ4n) is 1.44. The number of nitrogens with two attached hydrogens (primary N) is 1. The Hall–Kier alpha value is -0.890. The first-order valence-electron chi connectivity index (χ1n) is 5.90. The summed E-state index contributed by atoms with van der Waals surface area (Å²) in [6, 6.07) is -0.150. The molecule has 0 aliphatic carbocycles. The van der Waals surface area contributed by atoms with Gasteiger partial charge in [0.1, 0.15) is 0 Å². The van der Waals surface area contributed by atoms with Crippen LogP contribution in [0.15, 0.2) is 0 Å². The summed E-state index contributed by atoms with van der Waals surface area (Å²) in [6.07, 6.45) is -0.174. The van der Waals surface area contributed by atoms with E-state index in [1.165, 1.54) is 0 Å². The number of hydrogen-bond acceptors (Lipinski definition) is 5. The zero-order valence-electron chi connectivity index (χ0n) is 11.5. The van der Waals surface area contributed by atoms with Gasteiger partial charge in [-0.05, 0) is 14.0 Å². The van der Waals surface area contributed by atoms with Crippen molar-refractivity contribution in [1.82, 2.24) is 25.8 Å². The number of hydrogen-bond donors (Lipinski definition) is 3. The predicted octanol–water partition coefficient (Wildman–Crippen LogP) is -0.764. The van der Waals surface area contributed by atoms with Crippen LogP contribution in [0.5, 0.6) is 0 Å². The van der Waals surface area contributed by atoms with Gasteiger partial charge < -0.3 is 16.4 Å². The average molecular weight is 246 g/mol. The van der Waals surface area contributed by atoms with Crippen LogP contribution in [-0.4, -0.2) is 68.1 Å². The molecule has 0 aliphatic rings. The minimum Gasteiger partial charge on any atom is -0.336 e. The number of nitrogens with zero attached hydrogens (tertiary/aromatic N) is 3. The van der Waals surface area contributed by atoms with E-state index >= 15 is 0 Å². The van der Waals surface area contributed by atoms with Crippen LogP contribution in [0.2, 0.25) is 0 Å². The molecule has 1 unspecified atom stereocenters. The van der Waals surface area contributed by atoms with Gasteiger partial charge in [0.2, 0.25) is 0 Å². The van der Waals surface area contributed by atoms with Crippen molar-refractivity contribution < 1.29 is 4.79 Å². The fraction of sp³-hybridized carbons (Fsp3) is 0.900. The molecule has 0 heterocycles. The van der Waals surface area contributed by atoms with Crippen LogP contribution >= 0.6 is 0 Å². The molecule has 0 fully saturated rings. The lowest BCUT2D eigenvalue weighted by molar-refractivity contribution is -0.116. The lowest BCUT2D eigenvalue weighted by Gasteiger charge is -2.38. The number of amides is 2. The molecule has 7 nitrogen and oxygen atoms in total. The van der Waals surface area contributed by atoms with Crippen LogP contribution in [0.1, 0.15) is 13.8 Å². The molecule has 17 heavy (non-hydrogen) atoms. The highest BCUT2D eigenvalue weighted by Crippen LogP contribution is 2.01. The maximum Gasteiger partial charge on any atom is 0.347 e. The largest absolute Gasteiger partial charge is 0.347 e. The van der Waals surface area contributed by atoms with Gasteiger partial charge in [0.25, 0.3) is 0 Å². The van der Waals surface area contributed by atoms with Gasteiger partial charge >= 0.3 is 6.03 Å². The normalized spacial score (nSPS) is 12.9. The molecule has 0 saturated carbocycles. The molecular weight excluding hydrogens is 220 g/mol. The first-order chi connectivity index (χ1) is 7.97. The molecule has 0 spiro atoms. The molecule has 1 atom stereocenters. The molecule has 4 N–H and O–H groups in total. The summed E-state index contributed by atoms with van der Waals surface area (Å²) in [5.41, 5.74) is 5.83. The summed E-state index contributed by atoms with van der Waals surface area (Å²) in [7, 11) is 5.44. The predicted molar refractivity (Wildman–Crippen MR) is 68.9 cm³/mol. The monoisotopic (exact) mass is 246 g/mol. The van der Waals surface area contributed by atoms with Gasteiger partial charge in [-0.25, -0.2) is 9.80 Å². The van der Waals surface area contributed by atoms with Gasteiger partial charge in [0.05, 0.1) is 6.17 Å². The van der Waals surface area contributed by atoms with E-state index in [-0.39, 0.29) is 12.2 Å². The van der Waals surface area contributed by atoms with Crippen molar-refractivity contribution in [1.29, 1.82) is 0 Å². The Morgan fingerprint density at radius 2 is 1.94 bits per heavy atom. The molecular formula is C10H26N6O. The second-order valence-electron chi connectivity index (χ2n) is 3.87. The van der Waals surface area contributed by atoms with Crippen molar-refractivity contribution in [2.24, 2.45) is 5.73 Å². The lowest BCUT2D eigenvalue weighted by Crippen LogP contribution is -2.60. The third-order valence-electron chi connectivity index (χ3n) is 2.30. The van der Waals surface area contributed by atoms with E-state index in [2.05, 4.69) is 10.6 Å². The summed E-state index contributed by atoms with van der Waals surface area (Å²) in [5, 5.41) is 10.9. The number of likely N-dealkylation sites (N-methyl/N-ethyl adjacent to an activating group) is 2. The van der Waals surface area contributed by atoms with E-state index in [4.69, 9.17) is 5.73 Å². The molecule has 0 rings (SSSR count). The summed E-state index contributed by atoms with van der Waals surface area (Å²) >= 11 is 0. The van der Waals surface area contributed by atoms with Crippen LogP contribution in [0.4, 0.5) is 4.79 Å². The topological polar surface area (TPSA) is 76.9 Å². The molecule has 0 aliphatic heterocycles. The van der Waals surface area contributed by atoms with E-state index in [0.717, 1.165) is 0 Å². The van der Waals surface area contributed by atoms with Crippen molar-refractivity contribution in [3.63, 3.8) is 0 Å². The van der Waals surface area contributed by atoms with Gasteiger partial charge in [0, 0.05) is 33.7 Å². The Bertz CT molecular complexity index is 223. The molecule has 0 aromatic rings. The molecule has 0 saturated heterocycles. The quantitative estimate of drug-likeness (QED) is 0.406. The minimum absolute atomic E-state index is 0.150. The fourth-order valence-corrected chi connectivity index (χ4v) is 1.44. The third-order valence-corrected chi connectivity index (χ3v) is 2.30. The van der Waals surface area contributed by atoms with Crippen molar-refractivity contribution in [3.05, 3.63) is 0 Å². The van der Waals surface area contributed by atoms with Crippen molar-refractivity contribution in [2.75, 3.05) is 40.8 Å². The lowest BCUT2D eigenvalue weighted by atomic mass is 10.4. The van der Waals surface area contributed by atoms with E-state index in [0.29, 0.717) is 19.6 Å². The molecule has 102 valence electrons. The third kappa shape index (κ3) is 5.31. The highest BCUT2D eigenvalue weighted by atomic mass is 16.2. The summed E-state index contributed by atoms with van der Waals surface area (Å²) < 4.78 is 0. The Morgan fingerprint density at radius 3 is 2.29 bits per heavy atom. The number of nitrogens with one attached hydrogen (secondary N) is 2. The summed E-state index contributed by atoms with van der Waals surface area (Å²) in [4.78, 5) is 11.9. The van der Waals surface area contributed by atoms with Gasteiger partial charge in [0.15, 0.2) is 0 Å². The van der Waals surface area contributed by atoms with Crippen LogP contribution in [0.25, 0.3) is 0 Å². The van der Waals surface area contributed by atoms with Crippen molar-refractivity contribution in [2.45, 2.75) is 20.0 Å². The second kappa shape index (κ2) is 8.24. The first kappa shape index (κ1) is 16.1. The number of carbonyl (C=O) groups excluding carboxylic acids is 1. The average Bonchev–Trinajstić information content (AvgIpc) is 2.27. The number of rotatable bonds is 7. The summed E-state index contributed by atoms with van der Waals surface area (Å²) in [6.45, 7) is 5.73. The Morgan fingerprint density at radius 1 is 1.35 bits per heavy atom. The van der Waals surface area contributed by atoms with E-state index in [9.17, 15) is 4.79 Å². The number of carbonyl (C=O) groups is 1. The van der Waals surface area contributed by atoms with Crippen LogP contribution in [0.3, 0.4) is 0 Å². The second-order valence-corrected chi connectivity index (χ2v) is 3.87. The first-order valence-corrected chi connectivity index (χ1v) is 5.90. The number of hydrazine groups is 2. The Balaban J connectivity index is 4.68. The van der Waals surface area contributed by atoms with Gasteiger partial charge in [-0.3, -0.25) is 0 Å². The highest BCUT2D eigenvalue weighted by molar-refractivity contribution is 5.73. The van der Waals surface area contributed by atoms with Gasteiger partial charge in [-0.2, -0.15) is 10.1 Å². The van der Waals surface area contributed by atoms with E-state index < -0.39 is 0 Å². The van der Waals surface area contributed by atoms with E-state index in [1.807, 2.05) is 33.0 Å². The van der Waals surface area contributed by atoms with Crippen LogP contribution in [0, 0.1) is 0 Å². The summed E-state index contributed by atoms with van der Waals surface area (Å²) in [5.74, 6) is 0. The van der Waals surface area contributed by atoms with Crippen LogP contribution in [-0.2, 0) is 0 Å². The van der Waals surface area contributed by atoms with Crippen LogP contribution < -0.4 is 16.4 Å². The van der Waals surface area contributed by atoms with Gasteiger partial charge in [-0.15, -0.1) is 0 Å².